The molecule has 1 fully saturated rings. The molecule has 0 saturated carbocycles. The number of hydrogen-bond acceptors (Lipinski definition) is 5. The average molecular weight is 538 g/mol. The molecule has 1 saturated heterocycles. The molecule has 10 heteroatoms. The van der Waals surface area contributed by atoms with E-state index in [0.29, 0.717) is 21.3 Å². The molecule has 3 aromatic carbocycles. The van der Waals surface area contributed by atoms with E-state index >= 15 is 0 Å². The SMILES string of the molecule is Cc1ccc(NC(=O)COc2ccccc2/C=C2\C(=O)NC(=O)N(c3ccc(C)c(Cl)c3)C2=O)cc1Cl. The van der Waals surface area contributed by atoms with Crippen molar-refractivity contribution in [3.8, 4) is 5.75 Å². The van der Waals surface area contributed by atoms with Crippen molar-refractivity contribution in [2.24, 2.45) is 0 Å². The van der Waals surface area contributed by atoms with Crippen LogP contribution >= 0.6 is 23.2 Å². The number of halogens is 2. The third-order valence-corrected chi connectivity index (χ3v) is 6.36. The Morgan fingerprint density at radius 1 is 0.973 bits per heavy atom. The Hall–Kier alpha value is -4.14. The predicted octanol–water partition coefficient (Wildman–Crippen LogP) is 5.29. The van der Waals surface area contributed by atoms with Crippen LogP contribution in [0.5, 0.6) is 5.75 Å². The summed E-state index contributed by atoms with van der Waals surface area (Å²) in [6, 6.07) is 15.5. The number of anilines is 2. The molecular formula is C27H21Cl2N3O5. The number of amides is 5. The molecule has 4 rings (SSSR count). The van der Waals surface area contributed by atoms with Crippen LogP contribution in [0.1, 0.15) is 16.7 Å². The van der Waals surface area contributed by atoms with Gasteiger partial charge >= 0.3 is 6.03 Å². The summed E-state index contributed by atoms with van der Waals surface area (Å²) in [6.45, 7) is 3.30. The van der Waals surface area contributed by atoms with Gasteiger partial charge in [0, 0.05) is 21.3 Å². The van der Waals surface area contributed by atoms with Crippen molar-refractivity contribution in [2.45, 2.75) is 13.8 Å². The van der Waals surface area contributed by atoms with Gasteiger partial charge in [-0.15, -0.1) is 0 Å². The van der Waals surface area contributed by atoms with Crippen molar-refractivity contribution in [3.63, 3.8) is 0 Å². The molecule has 0 radical (unpaired) electrons. The predicted molar refractivity (Wildman–Crippen MR) is 142 cm³/mol. The van der Waals surface area contributed by atoms with E-state index in [1.807, 2.05) is 6.92 Å². The van der Waals surface area contributed by atoms with E-state index in [4.69, 9.17) is 27.9 Å². The van der Waals surface area contributed by atoms with Gasteiger partial charge in [0.25, 0.3) is 17.7 Å². The summed E-state index contributed by atoms with van der Waals surface area (Å²) in [5.74, 6) is -1.85. The molecule has 37 heavy (non-hydrogen) atoms. The summed E-state index contributed by atoms with van der Waals surface area (Å²) in [6.07, 6.45) is 1.31. The first-order valence-electron chi connectivity index (χ1n) is 11.1. The number of nitrogens with one attached hydrogen (secondary N) is 2. The van der Waals surface area contributed by atoms with E-state index in [0.717, 1.165) is 16.0 Å². The number of barbiturate groups is 1. The lowest BCUT2D eigenvalue weighted by Gasteiger charge is -2.26. The Bertz CT molecular complexity index is 1470. The van der Waals surface area contributed by atoms with Gasteiger partial charge in [0.15, 0.2) is 6.61 Å². The van der Waals surface area contributed by atoms with Crippen molar-refractivity contribution in [1.82, 2.24) is 5.32 Å². The summed E-state index contributed by atoms with van der Waals surface area (Å²) < 4.78 is 5.67. The van der Waals surface area contributed by atoms with Crippen LogP contribution in [0.2, 0.25) is 10.0 Å². The van der Waals surface area contributed by atoms with E-state index in [1.54, 1.807) is 61.5 Å². The number of para-hydroxylation sites is 1. The minimum Gasteiger partial charge on any atom is -0.483 e. The second-order valence-electron chi connectivity index (χ2n) is 8.23. The second-order valence-corrected chi connectivity index (χ2v) is 9.04. The fraction of sp³-hybridized carbons (Fsp3) is 0.111. The first kappa shape index (κ1) is 25.9. The van der Waals surface area contributed by atoms with Gasteiger partial charge in [-0.2, -0.15) is 0 Å². The van der Waals surface area contributed by atoms with Crippen LogP contribution in [0.3, 0.4) is 0 Å². The summed E-state index contributed by atoms with van der Waals surface area (Å²) in [5, 5.41) is 5.75. The number of benzene rings is 3. The molecule has 0 aliphatic carbocycles. The smallest absolute Gasteiger partial charge is 0.335 e. The van der Waals surface area contributed by atoms with Crippen LogP contribution in [0.15, 0.2) is 66.2 Å². The first-order chi connectivity index (χ1) is 17.6. The molecular weight excluding hydrogens is 517 g/mol. The molecule has 8 nitrogen and oxygen atoms in total. The molecule has 0 atom stereocenters. The molecule has 2 N–H and O–H groups in total. The highest BCUT2D eigenvalue weighted by Crippen LogP contribution is 2.28. The zero-order chi connectivity index (χ0) is 26.7. The molecule has 1 aliphatic heterocycles. The van der Waals surface area contributed by atoms with Gasteiger partial charge in [-0.3, -0.25) is 19.7 Å². The largest absolute Gasteiger partial charge is 0.483 e. The van der Waals surface area contributed by atoms with Crippen LogP contribution < -0.4 is 20.3 Å². The van der Waals surface area contributed by atoms with Gasteiger partial charge in [0.05, 0.1) is 5.69 Å². The molecule has 0 aromatic heterocycles. The number of nitrogens with zero attached hydrogens (tertiary/aromatic N) is 1. The molecule has 0 unspecified atom stereocenters. The second kappa shape index (κ2) is 10.9. The summed E-state index contributed by atoms with van der Waals surface area (Å²) in [4.78, 5) is 51.5. The van der Waals surface area contributed by atoms with Crippen LogP contribution in [-0.2, 0) is 14.4 Å². The molecule has 1 aliphatic rings. The summed E-state index contributed by atoms with van der Waals surface area (Å²) in [7, 11) is 0. The van der Waals surface area contributed by atoms with E-state index < -0.39 is 23.8 Å². The lowest BCUT2D eigenvalue weighted by molar-refractivity contribution is -0.122. The molecule has 188 valence electrons. The number of aryl methyl sites for hydroxylation is 2. The van der Waals surface area contributed by atoms with Crippen molar-refractivity contribution in [3.05, 3.63) is 93.0 Å². The average Bonchev–Trinajstić information content (AvgIpc) is 2.85. The maximum atomic E-state index is 13.2. The van der Waals surface area contributed by atoms with E-state index in [1.165, 1.54) is 12.1 Å². The van der Waals surface area contributed by atoms with Crippen molar-refractivity contribution in [2.75, 3.05) is 16.8 Å². The fourth-order valence-corrected chi connectivity index (χ4v) is 3.87. The third-order valence-electron chi connectivity index (χ3n) is 5.55. The minimum atomic E-state index is -0.885. The third kappa shape index (κ3) is 5.82. The molecule has 5 amide bonds. The minimum absolute atomic E-state index is 0.217. The lowest BCUT2D eigenvalue weighted by atomic mass is 10.1. The zero-order valence-electron chi connectivity index (χ0n) is 19.8. The Kier molecular flexibility index (Phi) is 7.61. The van der Waals surface area contributed by atoms with Gasteiger partial charge < -0.3 is 10.1 Å². The maximum Gasteiger partial charge on any atom is 0.335 e. The molecule has 1 heterocycles. The Morgan fingerprint density at radius 3 is 2.35 bits per heavy atom. The standard InChI is InChI=1S/C27H21Cl2N3O5/c1-15-7-9-18(12-21(15)28)30-24(33)14-37-23-6-4-3-5-17(23)11-20-25(34)31-27(36)32(26(20)35)19-10-8-16(2)22(29)13-19/h3-13H,14H2,1-2H3,(H,30,33)(H,31,34,36)/b20-11+. The molecule has 0 spiro atoms. The first-order valence-corrected chi connectivity index (χ1v) is 11.8. The normalized spacial score (nSPS) is 14.5. The fourth-order valence-electron chi connectivity index (χ4n) is 3.51. The van der Waals surface area contributed by atoms with Crippen molar-refractivity contribution in [1.29, 1.82) is 0 Å². The van der Waals surface area contributed by atoms with E-state index in [-0.39, 0.29) is 23.6 Å². The lowest BCUT2D eigenvalue weighted by Crippen LogP contribution is -2.54. The van der Waals surface area contributed by atoms with Gasteiger partial charge in [-0.05, 0) is 61.4 Å². The van der Waals surface area contributed by atoms with E-state index in [2.05, 4.69) is 10.6 Å². The van der Waals surface area contributed by atoms with Gasteiger partial charge in [-0.25, -0.2) is 9.69 Å². The zero-order valence-corrected chi connectivity index (χ0v) is 21.3. The van der Waals surface area contributed by atoms with Crippen LogP contribution in [0.25, 0.3) is 6.08 Å². The quantitative estimate of drug-likeness (QED) is 0.328. The number of rotatable bonds is 6. The monoisotopic (exact) mass is 537 g/mol. The van der Waals surface area contributed by atoms with Crippen LogP contribution in [0, 0.1) is 13.8 Å². The van der Waals surface area contributed by atoms with Gasteiger partial charge in [0.2, 0.25) is 0 Å². The number of carbonyl (C=O) groups is 4. The van der Waals surface area contributed by atoms with E-state index in [9.17, 15) is 19.2 Å². The van der Waals surface area contributed by atoms with Crippen LogP contribution in [-0.4, -0.2) is 30.4 Å². The van der Waals surface area contributed by atoms with Gasteiger partial charge in [0.1, 0.15) is 11.3 Å². The van der Waals surface area contributed by atoms with Crippen molar-refractivity contribution < 1.29 is 23.9 Å². The number of ether oxygens (including phenoxy) is 1. The Balaban J connectivity index is 1.55. The highest BCUT2D eigenvalue weighted by Gasteiger charge is 2.37. The maximum absolute atomic E-state index is 13.2. The number of hydrogen-bond donors (Lipinski definition) is 2. The Morgan fingerprint density at radius 2 is 1.65 bits per heavy atom. The highest BCUT2D eigenvalue weighted by molar-refractivity contribution is 6.39. The molecule has 3 aromatic rings. The number of urea groups is 1. The number of carbonyl (C=O) groups excluding carboxylic acids is 4. The summed E-state index contributed by atoms with van der Waals surface area (Å²) in [5.41, 5.74) is 2.46. The molecule has 0 bridgehead atoms. The Labute approximate surface area is 222 Å². The highest BCUT2D eigenvalue weighted by atomic mass is 35.5. The van der Waals surface area contributed by atoms with Crippen molar-refractivity contribution >= 4 is 64.4 Å². The number of imide groups is 2. The summed E-state index contributed by atoms with van der Waals surface area (Å²) >= 11 is 12.3. The van der Waals surface area contributed by atoms with Gasteiger partial charge in [-0.1, -0.05) is 53.5 Å². The topological polar surface area (TPSA) is 105 Å². The van der Waals surface area contributed by atoms with Crippen LogP contribution in [0.4, 0.5) is 16.2 Å².